The Bertz CT molecular complexity index is 559. The van der Waals surface area contributed by atoms with Crippen molar-refractivity contribution >= 4 is 17.5 Å². The summed E-state index contributed by atoms with van der Waals surface area (Å²) in [7, 11) is 0. The van der Waals surface area contributed by atoms with E-state index in [4.69, 9.17) is 4.74 Å². The van der Waals surface area contributed by atoms with E-state index in [1.165, 1.54) is 0 Å². The van der Waals surface area contributed by atoms with Gasteiger partial charge in [0.1, 0.15) is 5.75 Å². The fourth-order valence-corrected chi connectivity index (χ4v) is 2.52. The fraction of sp³-hybridized carbons (Fsp3) is 0.429. The lowest BCUT2D eigenvalue weighted by molar-refractivity contribution is -0.118. The number of fused-ring (bicyclic) bond motifs is 1. The highest BCUT2D eigenvalue weighted by molar-refractivity contribution is 5.99. The van der Waals surface area contributed by atoms with Gasteiger partial charge in [-0.05, 0) is 25.1 Å². The molecule has 0 aliphatic carbocycles. The molecule has 1 unspecified atom stereocenters. The van der Waals surface area contributed by atoms with Crippen LogP contribution in [0.3, 0.4) is 0 Å². The van der Waals surface area contributed by atoms with Crippen LogP contribution in [0.4, 0.5) is 5.69 Å². The highest BCUT2D eigenvalue weighted by Gasteiger charge is 2.23. The Balaban J connectivity index is 1.81. The van der Waals surface area contributed by atoms with Crippen LogP contribution in [0.15, 0.2) is 18.2 Å². The maximum absolute atomic E-state index is 12.5. The molecule has 3 rings (SSSR count). The van der Waals surface area contributed by atoms with Crippen molar-refractivity contribution in [3.05, 3.63) is 23.8 Å². The van der Waals surface area contributed by atoms with Gasteiger partial charge in [0, 0.05) is 31.2 Å². The second kappa shape index (κ2) is 5.13. The summed E-state index contributed by atoms with van der Waals surface area (Å²) in [6, 6.07) is 5.45. The minimum atomic E-state index is -0.196. The molecule has 2 heterocycles. The van der Waals surface area contributed by atoms with Crippen molar-refractivity contribution in [3.63, 3.8) is 0 Å². The van der Waals surface area contributed by atoms with Gasteiger partial charge in [-0.2, -0.15) is 0 Å². The first-order valence-electron chi connectivity index (χ1n) is 6.73. The van der Waals surface area contributed by atoms with Gasteiger partial charge >= 0.3 is 0 Å². The number of hydrogen-bond donors (Lipinski definition) is 2. The van der Waals surface area contributed by atoms with Crippen molar-refractivity contribution in [1.82, 2.24) is 10.2 Å². The number of rotatable bonds is 1. The van der Waals surface area contributed by atoms with E-state index in [1.54, 1.807) is 18.2 Å². The van der Waals surface area contributed by atoms with Gasteiger partial charge in [0.2, 0.25) is 0 Å². The zero-order valence-corrected chi connectivity index (χ0v) is 11.3. The average Bonchev–Trinajstić information content (AvgIpc) is 2.45. The van der Waals surface area contributed by atoms with Gasteiger partial charge in [-0.25, -0.2) is 0 Å². The topological polar surface area (TPSA) is 70.7 Å². The summed E-state index contributed by atoms with van der Waals surface area (Å²) in [6.45, 7) is 4.27. The van der Waals surface area contributed by atoms with Crippen LogP contribution in [-0.4, -0.2) is 49.0 Å². The minimum absolute atomic E-state index is 0.0130. The van der Waals surface area contributed by atoms with Gasteiger partial charge in [-0.3, -0.25) is 9.59 Å². The normalized spacial score (nSPS) is 21.8. The van der Waals surface area contributed by atoms with E-state index in [0.29, 0.717) is 36.1 Å². The number of anilines is 1. The molecule has 1 atom stereocenters. The van der Waals surface area contributed by atoms with Gasteiger partial charge < -0.3 is 20.3 Å². The largest absolute Gasteiger partial charge is 0.482 e. The summed E-state index contributed by atoms with van der Waals surface area (Å²) in [5.41, 5.74) is 1.14. The zero-order valence-electron chi connectivity index (χ0n) is 11.3. The van der Waals surface area contributed by atoms with E-state index < -0.39 is 0 Å². The molecule has 106 valence electrons. The minimum Gasteiger partial charge on any atom is -0.482 e. The van der Waals surface area contributed by atoms with Crippen molar-refractivity contribution in [2.45, 2.75) is 13.0 Å². The Kier molecular flexibility index (Phi) is 3.31. The fourth-order valence-electron chi connectivity index (χ4n) is 2.52. The van der Waals surface area contributed by atoms with Crippen LogP contribution in [0.5, 0.6) is 5.75 Å². The van der Waals surface area contributed by atoms with E-state index >= 15 is 0 Å². The molecule has 0 spiro atoms. The summed E-state index contributed by atoms with van der Waals surface area (Å²) in [5, 5.41) is 6.02. The second-order valence-corrected chi connectivity index (χ2v) is 5.15. The van der Waals surface area contributed by atoms with Crippen LogP contribution < -0.4 is 15.4 Å². The molecular formula is C14H17N3O3. The molecule has 2 N–H and O–H groups in total. The van der Waals surface area contributed by atoms with Crippen LogP contribution in [-0.2, 0) is 4.79 Å². The number of hydrogen-bond acceptors (Lipinski definition) is 4. The van der Waals surface area contributed by atoms with Crippen molar-refractivity contribution < 1.29 is 14.3 Å². The molecule has 2 aliphatic heterocycles. The molecule has 1 saturated heterocycles. The standard InChI is InChI=1S/C14H17N3O3/c1-9-7-17(5-4-15-9)14(19)10-2-3-12-11(6-10)16-13(18)8-20-12/h2-3,6,9,15H,4-5,7-8H2,1H3,(H,16,18). The van der Waals surface area contributed by atoms with E-state index in [0.717, 1.165) is 6.54 Å². The lowest BCUT2D eigenvalue weighted by Gasteiger charge is -2.32. The van der Waals surface area contributed by atoms with Crippen molar-refractivity contribution in [2.24, 2.45) is 0 Å². The number of piperazine rings is 1. The summed E-state index contributed by atoms with van der Waals surface area (Å²) < 4.78 is 5.29. The predicted molar refractivity (Wildman–Crippen MR) is 73.9 cm³/mol. The van der Waals surface area contributed by atoms with Crippen molar-refractivity contribution in [1.29, 1.82) is 0 Å². The monoisotopic (exact) mass is 275 g/mol. The lowest BCUT2D eigenvalue weighted by Crippen LogP contribution is -2.51. The Morgan fingerprint density at radius 2 is 2.30 bits per heavy atom. The molecule has 1 aromatic rings. The third-order valence-corrected chi connectivity index (χ3v) is 3.52. The highest BCUT2D eigenvalue weighted by atomic mass is 16.5. The van der Waals surface area contributed by atoms with Crippen LogP contribution in [0.2, 0.25) is 0 Å². The third kappa shape index (κ3) is 2.46. The first kappa shape index (κ1) is 12.9. The molecule has 1 fully saturated rings. The average molecular weight is 275 g/mol. The van der Waals surface area contributed by atoms with Crippen LogP contribution in [0, 0.1) is 0 Å². The predicted octanol–water partition coefficient (Wildman–Crippen LogP) is 0.451. The molecule has 0 bridgehead atoms. The van der Waals surface area contributed by atoms with E-state index in [1.807, 2.05) is 4.90 Å². The molecule has 6 nitrogen and oxygen atoms in total. The molecular weight excluding hydrogens is 258 g/mol. The summed E-state index contributed by atoms with van der Waals surface area (Å²) in [4.78, 5) is 25.6. The van der Waals surface area contributed by atoms with Crippen LogP contribution in [0.25, 0.3) is 0 Å². The molecule has 0 aromatic heterocycles. The van der Waals surface area contributed by atoms with Gasteiger partial charge in [0.25, 0.3) is 11.8 Å². The molecule has 6 heteroatoms. The van der Waals surface area contributed by atoms with Gasteiger partial charge in [-0.1, -0.05) is 0 Å². The Morgan fingerprint density at radius 3 is 3.10 bits per heavy atom. The van der Waals surface area contributed by atoms with Crippen molar-refractivity contribution in [3.8, 4) is 5.75 Å². The van der Waals surface area contributed by atoms with Gasteiger partial charge in [-0.15, -0.1) is 0 Å². The molecule has 0 radical (unpaired) electrons. The number of nitrogens with zero attached hydrogens (tertiary/aromatic N) is 1. The quantitative estimate of drug-likeness (QED) is 0.781. The van der Waals surface area contributed by atoms with E-state index in [-0.39, 0.29) is 18.4 Å². The van der Waals surface area contributed by atoms with Crippen LogP contribution >= 0.6 is 0 Å². The molecule has 20 heavy (non-hydrogen) atoms. The molecule has 2 amide bonds. The SMILES string of the molecule is CC1CN(C(=O)c2ccc3c(c2)NC(=O)CO3)CCN1. The first-order valence-corrected chi connectivity index (χ1v) is 6.73. The summed E-state index contributed by atoms with van der Waals surface area (Å²) >= 11 is 0. The second-order valence-electron chi connectivity index (χ2n) is 5.15. The molecule has 2 aliphatic rings. The smallest absolute Gasteiger partial charge is 0.262 e. The number of amides is 2. The van der Waals surface area contributed by atoms with E-state index in [2.05, 4.69) is 17.6 Å². The summed E-state index contributed by atoms with van der Waals surface area (Å²) in [6.07, 6.45) is 0. The maximum Gasteiger partial charge on any atom is 0.262 e. The Labute approximate surface area is 117 Å². The number of carbonyl (C=O) groups is 2. The number of carbonyl (C=O) groups excluding carboxylic acids is 2. The lowest BCUT2D eigenvalue weighted by atomic mass is 10.1. The summed E-state index contributed by atoms with van der Waals surface area (Å²) in [5.74, 6) is 0.397. The van der Waals surface area contributed by atoms with Gasteiger partial charge in [0.05, 0.1) is 5.69 Å². The van der Waals surface area contributed by atoms with Crippen molar-refractivity contribution in [2.75, 3.05) is 31.6 Å². The Morgan fingerprint density at radius 1 is 1.45 bits per heavy atom. The third-order valence-electron chi connectivity index (χ3n) is 3.52. The van der Waals surface area contributed by atoms with E-state index in [9.17, 15) is 9.59 Å². The number of nitrogens with one attached hydrogen (secondary N) is 2. The molecule has 1 aromatic carbocycles. The number of ether oxygens (including phenoxy) is 1. The van der Waals surface area contributed by atoms with Crippen LogP contribution in [0.1, 0.15) is 17.3 Å². The number of benzene rings is 1. The Hall–Kier alpha value is -2.08. The maximum atomic E-state index is 12.5. The zero-order chi connectivity index (χ0) is 14.1. The molecule has 0 saturated carbocycles. The highest BCUT2D eigenvalue weighted by Crippen LogP contribution is 2.28. The first-order chi connectivity index (χ1) is 9.63. The van der Waals surface area contributed by atoms with Gasteiger partial charge in [0.15, 0.2) is 6.61 Å².